The van der Waals surface area contributed by atoms with Crippen molar-refractivity contribution in [3.63, 3.8) is 0 Å². The van der Waals surface area contributed by atoms with Gasteiger partial charge in [0, 0.05) is 12.2 Å². The van der Waals surface area contributed by atoms with E-state index in [4.69, 9.17) is 11.7 Å². The lowest BCUT2D eigenvalue weighted by molar-refractivity contribution is -0.136. The second kappa shape index (κ2) is 7.11. The minimum atomic E-state index is -0.518. The zero-order valence-electron chi connectivity index (χ0n) is 6.36. The number of hydrogen-bond donors (Lipinski definition) is 0. The monoisotopic (exact) mass is 161 g/mol. The molecular formula is C9H7NO2. The summed E-state index contributed by atoms with van der Waals surface area (Å²) in [7, 11) is 0. The Morgan fingerprint density at radius 1 is 1.58 bits per heavy atom. The van der Waals surface area contributed by atoms with Crippen LogP contribution >= 0.6 is 0 Å². The van der Waals surface area contributed by atoms with Crippen molar-refractivity contribution in [2.45, 2.75) is 0 Å². The fourth-order valence-corrected chi connectivity index (χ4v) is 0.394. The van der Waals surface area contributed by atoms with Crippen molar-refractivity contribution in [2.75, 3.05) is 6.61 Å². The van der Waals surface area contributed by atoms with Crippen LogP contribution in [0.1, 0.15) is 0 Å². The molecular weight excluding hydrogens is 154 g/mol. The molecule has 0 aliphatic rings. The second-order valence-corrected chi connectivity index (χ2v) is 1.66. The molecule has 0 saturated carbocycles. The summed E-state index contributed by atoms with van der Waals surface area (Å²) < 4.78 is 4.49. The zero-order chi connectivity index (χ0) is 9.23. The Bertz CT molecular complexity index is 276. The van der Waals surface area contributed by atoms with Gasteiger partial charge in [-0.25, -0.2) is 4.79 Å². The Kier molecular flexibility index (Phi) is 5.93. The van der Waals surface area contributed by atoms with E-state index in [1.165, 1.54) is 24.3 Å². The van der Waals surface area contributed by atoms with E-state index < -0.39 is 5.97 Å². The van der Waals surface area contributed by atoms with Crippen molar-refractivity contribution < 1.29 is 9.53 Å². The summed E-state index contributed by atoms with van der Waals surface area (Å²) in [5, 5.41) is 8.06. The lowest BCUT2D eigenvalue weighted by Crippen LogP contribution is -1.99. The van der Waals surface area contributed by atoms with Crippen molar-refractivity contribution in [3.05, 3.63) is 24.3 Å². The predicted octanol–water partition coefficient (Wildman–Crippen LogP) is 0.799. The number of allylic oxidation sites excluding steroid dienone is 3. The summed E-state index contributed by atoms with van der Waals surface area (Å²) in [5.74, 6) is 1.63. The molecule has 3 heteroatoms. The Balaban J connectivity index is 3.71. The van der Waals surface area contributed by atoms with Crippen LogP contribution in [-0.4, -0.2) is 12.6 Å². The molecule has 3 nitrogen and oxygen atoms in total. The number of esters is 1. The smallest absolute Gasteiger partial charge is 0.331 e. The fourth-order valence-electron chi connectivity index (χ4n) is 0.394. The molecule has 0 atom stereocenters. The molecule has 0 spiro atoms. The van der Waals surface area contributed by atoms with Gasteiger partial charge in [-0.3, -0.25) is 0 Å². The van der Waals surface area contributed by atoms with Crippen LogP contribution in [0.25, 0.3) is 0 Å². The van der Waals surface area contributed by atoms with Crippen LogP contribution < -0.4 is 0 Å². The number of ether oxygens (including phenoxy) is 1. The first-order chi connectivity index (χ1) is 5.81. The number of carbonyl (C=O) groups excluding carboxylic acids is 1. The van der Waals surface area contributed by atoms with Crippen molar-refractivity contribution in [1.82, 2.24) is 0 Å². The lowest BCUT2D eigenvalue weighted by atomic mass is 10.4. The Labute approximate surface area is 70.9 Å². The minimum Gasteiger partial charge on any atom is -0.449 e. The third-order valence-corrected chi connectivity index (χ3v) is 0.812. The Morgan fingerprint density at radius 3 is 2.92 bits per heavy atom. The summed E-state index contributed by atoms with van der Waals surface area (Å²) in [4.78, 5) is 10.6. The number of hydrogen-bond acceptors (Lipinski definition) is 3. The highest BCUT2D eigenvalue weighted by molar-refractivity contribution is 5.82. The third-order valence-electron chi connectivity index (χ3n) is 0.812. The highest BCUT2D eigenvalue weighted by Crippen LogP contribution is 1.82. The van der Waals surface area contributed by atoms with Crippen LogP contribution in [0.5, 0.6) is 0 Å². The van der Waals surface area contributed by atoms with Crippen molar-refractivity contribution in [2.24, 2.45) is 0 Å². The van der Waals surface area contributed by atoms with Crippen molar-refractivity contribution in [3.8, 4) is 18.4 Å². The predicted molar refractivity (Wildman–Crippen MR) is 43.7 cm³/mol. The van der Waals surface area contributed by atoms with E-state index in [0.29, 0.717) is 0 Å². The molecule has 0 aliphatic heterocycles. The van der Waals surface area contributed by atoms with Crippen LogP contribution in [0.2, 0.25) is 0 Å². The number of carbonyl (C=O) groups is 1. The molecule has 0 aromatic heterocycles. The van der Waals surface area contributed by atoms with Gasteiger partial charge in [0.05, 0.1) is 6.07 Å². The van der Waals surface area contributed by atoms with Crippen molar-refractivity contribution >= 4 is 5.97 Å². The summed E-state index contributed by atoms with van der Waals surface area (Å²) in [5.41, 5.74) is 0. The molecule has 0 aliphatic carbocycles. The molecule has 0 rings (SSSR count). The largest absolute Gasteiger partial charge is 0.449 e. The summed E-state index contributed by atoms with van der Waals surface area (Å²) in [6, 6.07) is 1.77. The van der Waals surface area contributed by atoms with E-state index in [1.807, 2.05) is 0 Å². The summed E-state index contributed by atoms with van der Waals surface area (Å²) in [6.07, 6.45) is 10.1. The van der Waals surface area contributed by atoms with Gasteiger partial charge in [-0.15, -0.1) is 6.42 Å². The highest BCUT2D eigenvalue weighted by Gasteiger charge is 1.90. The number of nitriles is 1. The summed E-state index contributed by atoms with van der Waals surface area (Å²) in [6.45, 7) is -0.0366. The first-order valence-electron chi connectivity index (χ1n) is 3.14. The van der Waals surface area contributed by atoms with Crippen LogP contribution in [0.15, 0.2) is 24.3 Å². The molecule has 0 aromatic carbocycles. The van der Waals surface area contributed by atoms with Gasteiger partial charge in [0.2, 0.25) is 0 Å². The third kappa shape index (κ3) is 6.12. The minimum absolute atomic E-state index is 0.0366. The number of nitrogens with zero attached hydrogens (tertiary/aromatic N) is 1. The van der Waals surface area contributed by atoms with Gasteiger partial charge < -0.3 is 4.74 Å². The molecule has 0 amide bonds. The first-order valence-corrected chi connectivity index (χ1v) is 3.14. The summed E-state index contributed by atoms with van der Waals surface area (Å²) >= 11 is 0. The number of terminal acetylenes is 1. The lowest BCUT2D eigenvalue weighted by Gasteiger charge is -1.91. The maximum atomic E-state index is 10.6. The average Bonchev–Trinajstić information content (AvgIpc) is 2.09. The van der Waals surface area contributed by atoms with Crippen molar-refractivity contribution in [1.29, 1.82) is 5.26 Å². The maximum absolute atomic E-state index is 10.6. The van der Waals surface area contributed by atoms with E-state index in [-0.39, 0.29) is 6.61 Å². The molecule has 0 fully saturated rings. The van der Waals surface area contributed by atoms with Crippen LogP contribution in [0, 0.1) is 23.7 Å². The van der Waals surface area contributed by atoms with E-state index in [1.54, 1.807) is 6.07 Å². The molecule has 0 unspecified atom stereocenters. The number of rotatable bonds is 3. The molecule has 0 saturated heterocycles. The maximum Gasteiger partial charge on any atom is 0.331 e. The highest BCUT2D eigenvalue weighted by atomic mass is 16.5. The van der Waals surface area contributed by atoms with Gasteiger partial charge in [-0.05, 0) is 0 Å². The normalized spacial score (nSPS) is 9.50. The quantitative estimate of drug-likeness (QED) is 0.202. The van der Waals surface area contributed by atoms with Crippen LogP contribution in [0.4, 0.5) is 0 Å². The Morgan fingerprint density at radius 2 is 2.33 bits per heavy atom. The van der Waals surface area contributed by atoms with Gasteiger partial charge >= 0.3 is 5.97 Å². The fraction of sp³-hybridized carbons (Fsp3) is 0.111. The van der Waals surface area contributed by atoms with Crippen LogP contribution in [-0.2, 0) is 9.53 Å². The average molecular weight is 161 g/mol. The second-order valence-electron chi connectivity index (χ2n) is 1.66. The van der Waals surface area contributed by atoms with E-state index in [2.05, 4.69) is 10.7 Å². The molecule has 0 aromatic rings. The van der Waals surface area contributed by atoms with Gasteiger partial charge in [0.25, 0.3) is 0 Å². The van der Waals surface area contributed by atoms with Gasteiger partial charge in [0.15, 0.2) is 6.61 Å². The molecule has 0 heterocycles. The molecule has 0 bridgehead atoms. The van der Waals surface area contributed by atoms with Gasteiger partial charge in [0.1, 0.15) is 0 Å². The Hall–Kier alpha value is -2.00. The SMILES string of the molecule is C#CCOC(=O)C=CC=CC#N. The van der Waals surface area contributed by atoms with Gasteiger partial charge in [-0.1, -0.05) is 18.1 Å². The topological polar surface area (TPSA) is 50.1 Å². The van der Waals surface area contributed by atoms with E-state index in [9.17, 15) is 4.79 Å². The van der Waals surface area contributed by atoms with E-state index in [0.717, 1.165) is 0 Å². The molecule has 12 heavy (non-hydrogen) atoms. The van der Waals surface area contributed by atoms with Crippen LogP contribution in [0.3, 0.4) is 0 Å². The molecule has 0 N–H and O–H groups in total. The molecule has 60 valence electrons. The van der Waals surface area contributed by atoms with E-state index >= 15 is 0 Å². The molecule has 0 radical (unpaired) electrons. The standard InChI is InChI=1S/C9H7NO2/c1-2-8-12-9(11)6-4-3-5-7-10/h1,3-6H,8H2. The first kappa shape index (κ1) is 10.0. The van der Waals surface area contributed by atoms with Gasteiger partial charge in [-0.2, -0.15) is 5.26 Å². The zero-order valence-corrected chi connectivity index (χ0v) is 6.36.